The van der Waals surface area contributed by atoms with Crippen LogP contribution in [-0.4, -0.2) is 4.98 Å². The molecule has 2 nitrogen and oxygen atoms in total. The van der Waals surface area contributed by atoms with Crippen LogP contribution in [0.15, 0.2) is 29.1 Å². The second kappa shape index (κ2) is 3.73. The van der Waals surface area contributed by atoms with Gasteiger partial charge in [0.2, 0.25) is 0 Å². The summed E-state index contributed by atoms with van der Waals surface area (Å²) in [6, 6.07) is 7.54. The molecule has 3 heteroatoms. The Morgan fingerprint density at radius 3 is 2.86 bits per heavy atom. The Hall–Kier alpha value is -0.840. The minimum atomic E-state index is 0.106. The Bertz CT molecular complexity index is 530. The first kappa shape index (κ1) is 9.71. The first-order valence-corrected chi connectivity index (χ1v) is 5.60. The van der Waals surface area contributed by atoms with Crippen molar-refractivity contribution in [2.45, 2.75) is 13.3 Å². The first-order valence-electron chi connectivity index (χ1n) is 4.52. The van der Waals surface area contributed by atoms with Gasteiger partial charge >= 0.3 is 0 Å². The molecule has 0 aliphatic carbocycles. The van der Waals surface area contributed by atoms with Gasteiger partial charge in [0.05, 0.1) is 0 Å². The second-order valence-corrected chi connectivity index (χ2v) is 4.45. The molecular formula is C11H10INO. The van der Waals surface area contributed by atoms with Gasteiger partial charge in [-0.3, -0.25) is 4.79 Å². The lowest BCUT2D eigenvalue weighted by atomic mass is 10.2. The molecule has 0 fully saturated rings. The van der Waals surface area contributed by atoms with Gasteiger partial charge in [-0.2, -0.15) is 0 Å². The van der Waals surface area contributed by atoms with Crippen molar-refractivity contribution in [3.63, 3.8) is 0 Å². The number of pyridine rings is 1. The maximum Gasteiger partial charge on any atom is 0.189 e. The van der Waals surface area contributed by atoms with E-state index < -0.39 is 0 Å². The van der Waals surface area contributed by atoms with Crippen molar-refractivity contribution in [1.82, 2.24) is 4.98 Å². The van der Waals surface area contributed by atoms with E-state index in [1.54, 1.807) is 6.07 Å². The Morgan fingerprint density at radius 1 is 1.36 bits per heavy atom. The number of benzene rings is 1. The third-order valence-electron chi connectivity index (χ3n) is 2.23. The zero-order chi connectivity index (χ0) is 10.1. The fourth-order valence-electron chi connectivity index (χ4n) is 1.46. The largest absolute Gasteiger partial charge is 0.358 e. The van der Waals surface area contributed by atoms with Crippen molar-refractivity contribution >= 4 is 33.5 Å². The summed E-state index contributed by atoms with van der Waals surface area (Å²) < 4.78 is 1.09. The molecular weight excluding hydrogens is 289 g/mol. The van der Waals surface area contributed by atoms with Gasteiger partial charge in [0, 0.05) is 26.2 Å². The van der Waals surface area contributed by atoms with Gasteiger partial charge in [-0.1, -0.05) is 6.92 Å². The molecule has 1 aromatic heterocycles. The van der Waals surface area contributed by atoms with Gasteiger partial charge in [0.15, 0.2) is 5.43 Å². The third kappa shape index (κ3) is 1.68. The SMILES string of the molecule is CCc1cc(=O)c2cc(I)ccc2[nH]1. The highest BCUT2D eigenvalue weighted by Gasteiger charge is 2.00. The van der Waals surface area contributed by atoms with E-state index >= 15 is 0 Å². The van der Waals surface area contributed by atoms with Crippen molar-refractivity contribution < 1.29 is 0 Å². The van der Waals surface area contributed by atoms with Crippen molar-refractivity contribution in [3.05, 3.63) is 43.8 Å². The van der Waals surface area contributed by atoms with Crippen LogP contribution in [0.3, 0.4) is 0 Å². The van der Waals surface area contributed by atoms with Gasteiger partial charge in [-0.15, -0.1) is 0 Å². The molecule has 0 unspecified atom stereocenters. The molecule has 0 spiro atoms. The topological polar surface area (TPSA) is 32.9 Å². The van der Waals surface area contributed by atoms with E-state index in [-0.39, 0.29) is 5.43 Å². The molecule has 72 valence electrons. The van der Waals surface area contributed by atoms with Crippen LogP contribution >= 0.6 is 22.6 Å². The molecule has 0 aliphatic heterocycles. The Morgan fingerprint density at radius 2 is 2.14 bits per heavy atom. The molecule has 2 aromatic rings. The average molecular weight is 299 g/mol. The molecule has 0 radical (unpaired) electrons. The zero-order valence-electron chi connectivity index (χ0n) is 7.80. The molecule has 1 N–H and O–H groups in total. The quantitative estimate of drug-likeness (QED) is 0.807. The van der Waals surface area contributed by atoms with Crippen LogP contribution in [0.2, 0.25) is 0 Å². The van der Waals surface area contributed by atoms with E-state index in [9.17, 15) is 4.79 Å². The van der Waals surface area contributed by atoms with Crippen LogP contribution in [0.5, 0.6) is 0 Å². The summed E-state index contributed by atoms with van der Waals surface area (Å²) in [6.07, 6.45) is 0.858. The number of aromatic nitrogens is 1. The van der Waals surface area contributed by atoms with Gasteiger partial charge in [-0.25, -0.2) is 0 Å². The number of aromatic amines is 1. The van der Waals surface area contributed by atoms with Crippen LogP contribution in [0.4, 0.5) is 0 Å². The first-order chi connectivity index (χ1) is 6.70. The minimum absolute atomic E-state index is 0.106. The van der Waals surface area contributed by atoms with E-state index in [2.05, 4.69) is 27.6 Å². The summed E-state index contributed by atoms with van der Waals surface area (Å²) in [4.78, 5) is 14.9. The molecule has 0 saturated carbocycles. The monoisotopic (exact) mass is 299 g/mol. The van der Waals surface area contributed by atoms with Crippen molar-refractivity contribution in [1.29, 1.82) is 0 Å². The predicted molar refractivity (Wildman–Crippen MR) is 66.7 cm³/mol. The Balaban J connectivity index is 2.83. The molecule has 0 atom stereocenters. The van der Waals surface area contributed by atoms with Crippen LogP contribution in [-0.2, 0) is 6.42 Å². The number of nitrogens with one attached hydrogen (secondary N) is 1. The Labute approximate surface area is 95.5 Å². The van der Waals surface area contributed by atoms with Crippen molar-refractivity contribution in [2.24, 2.45) is 0 Å². The number of fused-ring (bicyclic) bond motifs is 1. The van der Waals surface area contributed by atoms with Crippen LogP contribution < -0.4 is 5.43 Å². The predicted octanol–water partition coefficient (Wildman–Crippen LogP) is 2.70. The van der Waals surface area contributed by atoms with E-state index in [1.165, 1.54) is 0 Å². The van der Waals surface area contributed by atoms with E-state index in [4.69, 9.17) is 0 Å². The van der Waals surface area contributed by atoms with Crippen LogP contribution in [0.25, 0.3) is 10.9 Å². The minimum Gasteiger partial charge on any atom is -0.358 e. The number of halogens is 1. The highest BCUT2D eigenvalue weighted by Crippen LogP contribution is 2.12. The van der Waals surface area contributed by atoms with Crippen LogP contribution in [0.1, 0.15) is 12.6 Å². The maximum atomic E-state index is 11.7. The highest BCUT2D eigenvalue weighted by atomic mass is 127. The number of hydrogen-bond acceptors (Lipinski definition) is 1. The Kier molecular flexibility index (Phi) is 2.58. The van der Waals surface area contributed by atoms with Gasteiger partial charge in [-0.05, 0) is 47.2 Å². The van der Waals surface area contributed by atoms with Crippen molar-refractivity contribution in [2.75, 3.05) is 0 Å². The summed E-state index contributed by atoms with van der Waals surface area (Å²) >= 11 is 2.21. The van der Waals surface area contributed by atoms with Crippen molar-refractivity contribution in [3.8, 4) is 0 Å². The lowest BCUT2D eigenvalue weighted by Crippen LogP contribution is -2.04. The average Bonchev–Trinajstić information content (AvgIpc) is 2.19. The van der Waals surface area contributed by atoms with Crippen LogP contribution in [0, 0.1) is 3.57 Å². The molecule has 0 aliphatic rings. The zero-order valence-corrected chi connectivity index (χ0v) is 9.96. The fraction of sp³-hybridized carbons (Fsp3) is 0.182. The number of rotatable bonds is 1. The maximum absolute atomic E-state index is 11.7. The molecule has 14 heavy (non-hydrogen) atoms. The summed E-state index contributed by atoms with van der Waals surface area (Å²) in [6.45, 7) is 2.03. The molecule has 0 amide bonds. The van der Waals surface area contributed by atoms with E-state index in [1.807, 2.05) is 25.1 Å². The number of H-pyrrole nitrogens is 1. The summed E-state index contributed by atoms with van der Waals surface area (Å²) in [7, 11) is 0. The van der Waals surface area contributed by atoms with E-state index in [0.29, 0.717) is 0 Å². The third-order valence-corrected chi connectivity index (χ3v) is 2.90. The van der Waals surface area contributed by atoms with Gasteiger partial charge < -0.3 is 4.98 Å². The molecule has 1 aromatic carbocycles. The highest BCUT2D eigenvalue weighted by molar-refractivity contribution is 14.1. The summed E-state index contributed by atoms with van der Waals surface area (Å²) in [5, 5.41) is 0.772. The molecule has 2 rings (SSSR count). The summed E-state index contributed by atoms with van der Waals surface area (Å²) in [5.74, 6) is 0. The standard InChI is InChI=1S/C11H10INO/c1-2-8-6-11(14)9-5-7(12)3-4-10(9)13-8/h3-6H,2H2,1H3,(H,13,14). The lowest BCUT2D eigenvalue weighted by molar-refractivity contribution is 1.05. The number of hydrogen-bond donors (Lipinski definition) is 1. The number of aryl methyl sites for hydroxylation is 1. The lowest BCUT2D eigenvalue weighted by Gasteiger charge is -2.01. The van der Waals surface area contributed by atoms with Gasteiger partial charge in [0.1, 0.15) is 0 Å². The summed E-state index contributed by atoms with van der Waals surface area (Å²) in [5.41, 5.74) is 2.02. The molecule has 0 bridgehead atoms. The smallest absolute Gasteiger partial charge is 0.189 e. The van der Waals surface area contributed by atoms with E-state index in [0.717, 1.165) is 26.6 Å². The molecule has 1 heterocycles. The van der Waals surface area contributed by atoms with Gasteiger partial charge in [0.25, 0.3) is 0 Å². The second-order valence-electron chi connectivity index (χ2n) is 3.20. The molecule has 0 saturated heterocycles. The fourth-order valence-corrected chi connectivity index (χ4v) is 1.96. The normalized spacial score (nSPS) is 10.7.